The Morgan fingerprint density at radius 2 is 1.96 bits per heavy atom. The number of carbonyl (C=O) groups is 1. The summed E-state index contributed by atoms with van der Waals surface area (Å²) in [6.45, 7) is 0.883. The molecule has 0 saturated carbocycles. The lowest BCUT2D eigenvalue weighted by Crippen LogP contribution is -2.42. The molecule has 0 spiro atoms. The summed E-state index contributed by atoms with van der Waals surface area (Å²) in [4.78, 5) is 18.4. The molecule has 6 nitrogen and oxygen atoms in total. The quantitative estimate of drug-likeness (QED) is 0.643. The molecule has 2 aromatic carbocycles. The Bertz CT molecular complexity index is 894. The summed E-state index contributed by atoms with van der Waals surface area (Å²) in [6.07, 6.45) is -0.187. The van der Waals surface area contributed by atoms with Crippen molar-refractivity contribution in [3.8, 4) is 11.5 Å². The van der Waals surface area contributed by atoms with E-state index in [2.05, 4.69) is 4.98 Å². The fourth-order valence-electron chi connectivity index (χ4n) is 2.71. The van der Waals surface area contributed by atoms with Gasteiger partial charge in [0.15, 0.2) is 23.2 Å². The number of para-hydroxylation sites is 4. The zero-order valence-corrected chi connectivity index (χ0v) is 15.1. The fraction of sp³-hybridized carbons (Fsp3) is 0.263. The number of benzene rings is 2. The molecule has 4 rings (SSSR count). The molecule has 0 radical (unpaired) electrons. The number of ether oxygens (including phenoxy) is 2. The maximum Gasteiger partial charge on any atom is 0.257 e. The Morgan fingerprint density at radius 3 is 2.81 bits per heavy atom. The van der Waals surface area contributed by atoms with Crippen LogP contribution in [0.4, 0.5) is 0 Å². The zero-order chi connectivity index (χ0) is 17.9. The molecule has 1 aliphatic rings. The molecular formula is C19H18N2O4S. The van der Waals surface area contributed by atoms with Gasteiger partial charge in [0.2, 0.25) is 5.91 Å². The lowest BCUT2D eigenvalue weighted by atomic mass is 10.2. The van der Waals surface area contributed by atoms with Crippen molar-refractivity contribution in [1.82, 2.24) is 9.88 Å². The summed E-state index contributed by atoms with van der Waals surface area (Å²) >= 11 is 1.29. The molecule has 0 bridgehead atoms. The van der Waals surface area contributed by atoms with Crippen molar-refractivity contribution in [3.05, 3.63) is 48.5 Å². The van der Waals surface area contributed by atoms with Crippen LogP contribution in [0.5, 0.6) is 11.5 Å². The molecule has 7 heteroatoms. The minimum absolute atomic E-state index is 0.0142. The normalized spacial score (nSPS) is 15.8. The summed E-state index contributed by atoms with van der Waals surface area (Å²) < 4.78 is 17.2. The number of nitrogens with zero attached hydrogens (tertiary/aromatic N) is 2. The van der Waals surface area contributed by atoms with Crippen molar-refractivity contribution < 1.29 is 18.7 Å². The van der Waals surface area contributed by atoms with Crippen molar-refractivity contribution in [3.63, 3.8) is 0 Å². The number of hydrogen-bond acceptors (Lipinski definition) is 6. The van der Waals surface area contributed by atoms with Gasteiger partial charge in [-0.25, -0.2) is 4.98 Å². The van der Waals surface area contributed by atoms with Crippen LogP contribution < -0.4 is 9.47 Å². The first-order valence-corrected chi connectivity index (χ1v) is 9.28. The second-order valence-corrected chi connectivity index (χ2v) is 6.93. The molecule has 2 heterocycles. The summed E-state index contributed by atoms with van der Waals surface area (Å²) in [6, 6.07) is 15.1. The first-order chi connectivity index (χ1) is 12.7. The van der Waals surface area contributed by atoms with Crippen LogP contribution in [0.1, 0.15) is 0 Å². The second-order valence-electron chi connectivity index (χ2n) is 6.01. The highest BCUT2D eigenvalue weighted by atomic mass is 32.2. The van der Waals surface area contributed by atoms with Gasteiger partial charge in [0.25, 0.3) is 5.22 Å². The number of aromatic nitrogens is 1. The monoisotopic (exact) mass is 370 g/mol. The van der Waals surface area contributed by atoms with Gasteiger partial charge in [0.05, 0.1) is 12.3 Å². The van der Waals surface area contributed by atoms with E-state index in [4.69, 9.17) is 13.9 Å². The summed E-state index contributed by atoms with van der Waals surface area (Å²) in [7, 11) is 1.76. The molecule has 3 aromatic rings. The van der Waals surface area contributed by atoms with Crippen molar-refractivity contribution in [2.24, 2.45) is 0 Å². The van der Waals surface area contributed by atoms with Crippen molar-refractivity contribution >= 4 is 28.8 Å². The van der Waals surface area contributed by atoms with Crippen LogP contribution in [0.2, 0.25) is 0 Å². The maximum atomic E-state index is 12.4. The third-order valence-corrected chi connectivity index (χ3v) is 4.88. The first kappa shape index (κ1) is 16.8. The molecule has 1 aromatic heterocycles. The minimum Gasteiger partial charge on any atom is -0.486 e. The van der Waals surface area contributed by atoms with Crippen LogP contribution in [0.15, 0.2) is 58.2 Å². The second kappa shape index (κ2) is 7.29. The molecule has 1 amide bonds. The number of fused-ring (bicyclic) bond motifs is 2. The van der Waals surface area contributed by atoms with Crippen LogP contribution in [0.25, 0.3) is 11.1 Å². The lowest BCUT2D eigenvalue weighted by Gasteiger charge is -2.29. The van der Waals surface area contributed by atoms with Crippen LogP contribution in [-0.2, 0) is 4.79 Å². The number of rotatable bonds is 5. The number of hydrogen-bond donors (Lipinski definition) is 0. The Balaban J connectivity index is 1.30. The first-order valence-electron chi connectivity index (χ1n) is 8.30. The van der Waals surface area contributed by atoms with Gasteiger partial charge in [-0.3, -0.25) is 4.79 Å². The van der Waals surface area contributed by atoms with E-state index < -0.39 is 0 Å². The van der Waals surface area contributed by atoms with Gasteiger partial charge in [-0.05, 0) is 24.3 Å². The van der Waals surface area contributed by atoms with Crippen molar-refractivity contribution in [2.75, 3.05) is 26.0 Å². The van der Waals surface area contributed by atoms with Gasteiger partial charge in [-0.1, -0.05) is 36.0 Å². The highest BCUT2D eigenvalue weighted by molar-refractivity contribution is 7.99. The number of oxazole rings is 1. The van der Waals surface area contributed by atoms with E-state index >= 15 is 0 Å². The van der Waals surface area contributed by atoms with Gasteiger partial charge in [0.1, 0.15) is 12.1 Å². The highest BCUT2D eigenvalue weighted by Crippen LogP contribution is 2.31. The van der Waals surface area contributed by atoms with E-state index in [0.717, 1.165) is 16.8 Å². The number of thioether (sulfide) groups is 1. The molecule has 1 unspecified atom stereocenters. The molecule has 1 atom stereocenters. The number of amides is 1. The van der Waals surface area contributed by atoms with E-state index in [1.54, 1.807) is 11.9 Å². The van der Waals surface area contributed by atoms with Gasteiger partial charge in [-0.2, -0.15) is 0 Å². The molecule has 0 aliphatic carbocycles. The van der Waals surface area contributed by atoms with E-state index in [-0.39, 0.29) is 17.8 Å². The highest BCUT2D eigenvalue weighted by Gasteiger charge is 2.24. The molecule has 0 N–H and O–H groups in total. The van der Waals surface area contributed by atoms with Crippen LogP contribution >= 0.6 is 11.8 Å². The van der Waals surface area contributed by atoms with E-state index in [1.165, 1.54) is 11.8 Å². The number of likely N-dealkylation sites (N-methyl/N-ethyl adjacent to an activating group) is 1. The number of carbonyl (C=O) groups excluding carboxylic acids is 1. The van der Waals surface area contributed by atoms with Gasteiger partial charge < -0.3 is 18.8 Å². The molecule has 26 heavy (non-hydrogen) atoms. The maximum absolute atomic E-state index is 12.4. The molecule has 0 saturated heterocycles. The third kappa shape index (κ3) is 3.62. The topological polar surface area (TPSA) is 64.8 Å². The predicted octanol–water partition coefficient (Wildman–Crippen LogP) is 3.22. The van der Waals surface area contributed by atoms with Crippen molar-refractivity contribution in [1.29, 1.82) is 0 Å². The van der Waals surface area contributed by atoms with Gasteiger partial charge in [0, 0.05) is 7.05 Å². The summed E-state index contributed by atoms with van der Waals surface area (Å²) in [5, 5.41) is 0.499. The Hall–Kier alpha value is -2.67. The Kier molecular flexibility index (Phi) is 4.71. The Morgan fingerprint density at radius 1 is 1.19 bits per heavy atom. The standard InChI is InChI=1S/C19H18N2O4S/c1-21(10-13-11-23-16-8-4-5-9-17(16)24-13)18(22)12-26-19-20-14-6-2-3-7-15(14)25-19/h2-9,13H,10-12H2,1H3. The van der Waals surface area contributed by atoms with Gasteiger partial charge >= 0.3 is 0 Å². The molecular weight excluding hydrogens is 352 g/mol. The van der Waals surface area contributed by atoms with Crippen LogP contribution in [-0.4, -0.2) is 47.8 Å². The minimum atomic E-state index is -0.187. The fourth-order valence-corrected chi connectivity index (χ4v) is 3.49. The van der Waals surface area contributed by atoms with Crippen LogP contribution in [0, 0.1) is 0 Å². The smallest absolute Gasteiger partial charge is 0.257 e. The average Bonchev–Trinajstić information content (AvgIpc) is 3.09. The van der Waals surface area contributed by atoms with Crippen molar-refractivity contribution in [2.45, 2.75) is 11.3 Å². The molecule has 1 aliphatic heterocycles. The SMILES string of the molecule is CN(CC1COc2ccccc2O1)C(=O)CSc1nc2ccccc2o1. The molecule has 0 fully saturated rings. The molecule has 134 valence electrons. The predicted molar refractivity (Wildman–Crippen MR) is 98.7 cm³/mol. The zero-order valence-electron chi connectivity index (χ0n) is 14.3. The van der Waals surface area contributed by atoms with Crippen LogP contribution in [0.3, 0.4) is 0 Å². The van der Waals surface area contributed by atoms with E-state index in [0.29, 0.717) is 24.1 Å². The summed E-state index contributed by atoms with van der Waals surface area (Å²) in [5.41, 5.74) is 1.52. The average molecular weight is 370 g/mol. The third-order valence-electron chi connectivity index (χ3n) is 4.06. The van der Waals surface area contributed by atoms with Gasteiger partial charge in [-0.15, -0.1) is 0 Å². The lowest BCUT2D eigenvalue weighted by molar-refractivity contribution is -0.128. The van der Waals surface area contributed by atoms with E-state index in [1.807, 2.05) is 48.5 Å². The van der Waals surface area contributed by atoms with E-state index in [9.17, 15) is 4.79 Å². The largest absolute Gasteiger partial charge is 0.486 e. The Labute approximate surface area is 155 Å². The summed E-state index contributed by atoms with van der Waals surface area (Å²) in [5.74, 6) is 1.70.